The lowest BCUT2D eigenvalue weighted by Crippen LogP contribution is -2.48. The van der Waals surface area contributed by atoms with Crippen molar-refractivity contribution in [3.05, 3.63) is 29.3 Å². The molecule has 0 radical (unpaired) electrons. The van der Waals surface area contributed by atoms with E-state index < -0.39 is 0 Å². The van der Waals surface area contributed by atoms with Crippen molar-refractivity contribution in [2.45, 2.75) is 45.1 Å². The second-order valence-electron chi connectivity index (χ2n) is 5.68. The van der Waals surface area contributed by atoms with Crippen molar-refractivity contribution in [2.75, 3.05) is 18.5 Å². The van der Waals surface area contributed by atoms with Crippen LogP contribution in [-0.4, -0.2) is 19.1 Å². The van der Waals surface area contributed by atoms with Gasteiger partial charge >= 0.3 is 0 Å². The van der Waals surface area contributed by atoms with E-state index in [1.165, 1.54) is 36.1 Å². The number of nitrogens with zero attached hydrogens (tertiary/aromatic N) is 1. The van der Waals surface area contributed by atoms with Crippen LogP contribution in [0.2, 0.25) is 0 Å². The summed E-state index contributed by atoms with van der Waals surface area (Å²) in [7, 11) is 2.17. The van der Waals surface area contributed by atoms with Gasteiger partial charge in [0.15, 0.2) is 0 Å². The van der Waals surface area contributed by atoms with Crippen molar-refractivity contribution in [2.24, 2.45) is 5.73 Å². The first-order valence-corrected chi connectivity index (χ1v) is 6.57. The van der Waals surface area contributed by atoms with E-state index in [4.69, 9.17) is 5.73 Å². The predicted octanol–water partition coefficient (Wildman–Crippen LogP) is 3.01. The molecule has 0 atom stereocenters. The third-order valence-electron chi connectivity index (χ3n) is 4.06. The van der Waals surface area contributed by atoms with Gasteiger partial charge in [-0.3, -0.25) is 0 Å². The molecule has 0 aliphatic heterocycles. The van der Waals surface area contributed by atoms with E-state index in [9.17, 15) is 0 Å². The monoisotopic (exact) mass is 232 g/mol. The van der Waals surface area contributed by atoms with Crippen LogP contribution >= 0.6 is 0 Å². The van der Waals surface area contributed by atoms with Crippen molar-refractivity contribution >= 4 is 5.69 Å². The number of hydrogen-bond acceptors (Lipinski definition) is 2. The number of hydrogen-bond donors (Lipinski definition) is 1. The van der Waals surface area contributed by atoms with Crippen molar-refractivity contribution < 1.29 is 0 Å². The van der Waals surface area contributed by atoms with Crippen LogP contribution in [0.4, 0.5) is 5.69 Å². The maximum atomic E-state index is 6.26. The molecule has 17 heavy (non-hydrogen) atoms. The third-order valence-corrected chi connectivity index (χ3v) is 4.06. The smallest absolute Gasteiger partial charge is 0.0393 e. The molecular formula is C15H24N2. The van der Waals surface area contributed by atoms with E-state index in [-0.39, 0.29) is 5.54 Å². The average molecular weight is 232 g/mol. The molecule has 1 aliphatic carbocycles. The number of nitrogens with two attached hydrogens (primary N) is 1. The molecule has 0 heterocycles. The standard InChI is InChI=1S/C15H24N2/c1-12-5-6-14(13(2)11-12)17(3)10-9-15(16)7-4-8-15/h5-6,11H,4,7-10,16H2,1-3H3. The van der Waals surface area contributed by atoms with Crippen molar-refractivity contribution in [1.82, 2.24) is 0 Å². The Morgan fingerprint density at radius 3 is 2.53 bits per heavy atom. The van der Waals surface area contributed by atoms with E-state index >= 15 is 0 Å². The SMILES string of the molecule is Cc1ccc(N(C)CCC2(N)CCC2)c(C)c1. The first kappa shape index (κ1) is 12.4. The number of rotatable bonds is 4. The Morgan fingerprint density at radius 2 is 2.00 bits per heavy atom. The number of aryl methyl sites for hydroxylation is 2. The summed E-state index contributed by atoms with van der Waals surface area (Å²) in [4.78, 5) is 2.34. The van der Waals surface area contributed by atoms with Crippen LogP contribution in [0.5, 0.6) is 0 Å². The minimum absolute atomic E-state index is 0.132. The maximum Gasteiger partial charge on any atom is 0.0393 e. The van der Waals surface area contributed by atoms with Crippen molar-refractivity contribution in [1.29, 1.82) is 0 Å². The van der Waals surface area contributed by atoms with Crippen LogP contribution in [0, 0.1) is 13.8 Å². The molecule has 94 valence electrons. The molecule has 1 aromatic carbocycles. The zero-order valence-electron chi connectivity index (χ0n) is 11.3. The second kappa shape index (κ2) is 4.69. The first-order valence-electron chi connectivity index (χ1n) is 6.57. The van der Waals surface area contributed by atoms with Gasteiger partial charge in [0.2, 0.25) is 0 Å². The van der Waals surface area contributed by atoms with Crippen LogP contribution in [0.3, 0.4) is 0 Å². The van der Waals surface area contributed by atoms with Crippen molar-refractivity contribution in [3.8, 4) is 0 Å². The van der Waals surface area contributed by atoms with Gasteiger partial charge in [-0.1, -0.05) is 17.7 Å². The summed E-state index contributed by atoms with van der Waals surface area (Å²) in [5.74, 6) is 0. The lowest BCUT2D eigenvalue weighted by atomic mass is 9.75. The Bertz CT molecular complexity index is 394. The molecule has 0 spiro atoms. The molecule has 0 unspecified atom stereocenters. The Balaban J connectivity index is 1.96. The summed E-state index contributed by atoms with van der Waals surface area (Å²) in [5, 5.41) is 0. The van der Waals surface area contributed by atoms with E-state index in [0.29, 0.717) is 0 Å². The zero-order chi connectivity index (χ0) is 12.5. The van der Waals surface area contributed by atoms with Crippen LogP contribution in [0.15, 0.2) is 18.2 Å². The molecule has 1 fully saturated rings. The summed E-state index contributed by atoms with van der Waals surface area (Å²) in [6.07, 6.45) is 4.82. The number of anilines is 1. The molecule has 1 saturated carbocycles. The molecular weight excluding hydrogens is 208 g/mol. The molecule has 2 nitrogen and oxygen atoms in total. The fourth-order valence-electron chi connectivity index (χ4n) is 2.63. The molecule has 0 amide bonds. The first-order chi connectivity index (χ1) is 8.00. The fourth-order valence-corrected chi connectivity index (χ4v) is 2.63. The summed E-state index contributed by atoms with van der Waals surface area (Å²) in [6.45, 7) is 5.38. The molecule has 0 bridgehead atoms. The Morgan fingerprint density at radius 1 is 1.29 bits per heavy atom. The Hall–Kier alpha value is -1.02. The van der Waals surface area contributed by atoms with Gasteiger partial charge in [-0.05, 0) is 51.2 Å². The number of benzene rings is 1. The van der Waals surface area contributed by atoms with E-state index in [2.05, 4.69) is 44.0 Å². The minimum atomic E-state index is 0.132. The molecule has 1 aromatic rings. The highest BCUT2D eigenvalue weighted by atomic mass is 15.1. The van der Waals surface area contributed by atoms with Gasteiger partial charge in [0.1, 0.15) is 0 Å². The van der Waals surface area contributed by atoms with Crippen molar-refractivity contribution in [3.63, 3.8) is 0 Å². The molecule has 2 rings (SSSR count). The van der Waals surface area contributed by atoms with Gasteiger partial charge in [-0.25, -0.2) is 0 Å². The third kappa shape index (κ3) is 2.81. The van der Waals surface area contributed by atoms with Gasteiger partial charge < -0.3 is 10.6 Å². The lowest BCUT2D eigenvalue weighted by molar-refractivity contribution is 0.234. The van der Waals surface area contributed by atoms with Gasteiger partial charge in [0.05, 0.1) is 0 Å². The minimum Gasteiger partial charge on any atom is -0.374 e. The summed E-state index contributed by atoms with van der Waals surface area (Å²) in [6, 6.07) is 6.64. The highest BCUT2D eigenvalue weighted by Gasteiger charge is 2.32. The highest BCUT2D eigenvalue weighted by Crippen LogP contribution is 2.32. The van der Waals surface area contributed by atoms with E-state index in [0.717, 1.165) is 13.0 Å². The van der Waals surface area contributed by atoms with Crippen LogP contribution in [-0.2, 0) is 0 Å². The van der Waals surface area contributed by atoms with E-state index in [1.807, 2.05) is 0 Å². The topological polar surface area (TPSA) is 29.3 Å². The summed E-state index contributed by atoms with van der Waals surface area (Å²) in [5.41, 5.74) is 10.4. The Labute approximate surface area is 105 Å². The Kier molecular flexibility index (Phi) is 3.43. The van der Waals surface area contributed by atoms with Gasteiger partial charge in [-0.15, -0.1) is 0 Å². The van der Waals surface area contributed by atoms with Crippen LogP contribution in [0.25, 0.3) is 0 Å². The summed E-state index contributed by atoms with van der Waals surface area (Å²) >= 11 is 0. The van der Waals surface area contributed by atoms with Gasteiger partial charge in [0, 0.05) is 24.8 Å². The molecule has 2 N–H and O–H groups in total. The second-order valence-corrected chi connectivity index (χ2v) is 5.68. The maximum absolute atomic E-state index is 6.26. The highest BCUT2D eigenvalue weighted by molar-refractivity contribution is 5.53. The normalized spacial score (nSPS) is 17.6. The molecule has 1 aliphatic rings. The van der Waals surface area contributed by atoms with Gasteiger partial charge in [0.25, 0.3) is 0 Å². The molecule has 2 heteroatoms. The fraction of sp³-hybridized carbons (Fsp3) is 0.600. The van der Waals surface area contributed by atoms with E-state index in [1.54, 1.807) is 0 Å². The zero-order valence-corrected chi connectivity index (χ0v) is 11.3. The molecule has 0 saturated heterocycles. The lowest BCUT2D eigenvalue weighted by Gasteiger charge is -2.39. The average Bonchev–Trinajstić information content (AvgIpc) is 2.23. The van der Waals surface area contributed by atoms with Crippen LogP contribution in [0.1, 0.15) is 36.8 Å². The predicted molar refractivity (Wildman–Crippen MR) is 74.6 cm³/mol. The quantitative estimate of drug-likeness (QED) is 0.864. The largest absolute Gasteiger partial charge is 0.374 e. The van der Waals surface area contributed by atoms with Gasteiger partial charge in [-0.2, -0.15) is 0 Å². The summed E-state index contributed by atoms with van der Waals surface area (Å²) < 4.78 is 0. The molecule has 0 aromatic heterocycles. The van der Waals surface area contributed by atoms with Crippen LogP contribution < -0.4 is 10.6 Å².